The first kappa shape index (κ1) is 50.6. The lowest BCUT2D eigenvalue weighted by molar-refractivity contribution is -0.150. The van der Waals surface area contributed by atoms with Gasteiger partial charge in [0.1, 0.15) is 6.10 Å². The summed E-state index contributed by atoms with van der Waals surface area (Å²) < 4.78 is 5.81. The molecule has 0 rings (SSSR count). The number of amides is 1. The lowest BCUT2D eigenvalue weighted by atomic mass is 10.0. The van der Waals surface area contributed by atoms with Crippen LogP contribution in [0, 0.1) is 0 Å². The minimum absolute atomic E-state index is 0.0180. The van der Waals surface area contributed by atoms with Gasteiger partial charge in [-0.25, -0.2) is 0 Å². The first-order chi connectivity index (χ1) is 26.0. The van der Waals surface area contributed by atoms with Crippen molar-refractivity contribution in [3.05, 3.63) is 60.8 Å². The summed E-state index contributed by atoms with van der Waals surface area (Å²) in [5.41, 5.74) is 0. The summed E-state index contributed by atoms with van der Waals surface area (Å²) in [5, 5.41) is 23.5. The van der Waals surface area contributed by atoms with Gasteiger partial charge < -0.3 is 20.3 Å². The molecule has 3 N–H and O–H groups in total. The van der Waals surface area contributed by atoms with E-state index in [9.17, 15) is 19.8 Å². The summed E-state index contributed by atoms with van der Waals surface area (Å²) in [7, 11) is 0. The molecule has 0 aromatic rings. The molecular formula is C47H83NO5. The number of carbonyl (C=O) groups is 2. The van der Waals surface area contributed by atoms with E-state index < -0.39 is 18.2 Å². The predicted octanol–water partition coefficient (Wildman–Crippen LogP) is 12.5. The molecule has 0 heterocycles. The van der Waals surface area contributed by atoms with Gasteiger partial charge in [-0.05, 0) is 19.3 Å². The molecule has 1 amide bonds. The SMILES string of the molecule is CC/C=C/C=C/C=C\C=C/C=C/CC(CC(=O)NC(CO)C(O)CCCCCCCCCCCC)OC(=O)CCCCCCCCCCCCCCC. The molecule has 0 fully saturated rings. The Morgan fingerprint density at radius 1 is 0.566 bits per heavy atom. The number of carbonyl (C=O) groups excluding carboxylic acids is 2. The van der Waals surface area contributed by atoms with E-state index in [0.29, 0.717) is 19.3 Å². The average Bonchev–Trinajstić information content (AvgIpc) is 3.15. The zero-order chi connectivity index (χ0) is 38.9. The topological polar surface area (TPSA) is 95.9 Å². The number of rotatable bonds is 38. The van der Waals surface area contributed by atoms with Crippen LogP contribution in [0.1, 0.15) is 201 Å². The highest BCUT2D eigenvalue weighted by Crippen LogP contribution is 2.16. The van der Waals surface area contributed by atoms with Gasteiger partial charge in [0, 0.05) is 12.8 Å². The maximum atomic E-state index is 13.1. The van der Waals surface area contributed by atoms with E-state index >= 15 is 0 Å². The van der Waals surface area contributed by atoms with E-state index in [-0.39, 0.29) is 24.9 Å². The molecular weight excluding hydrogens is 659 g/mol. The number of hydrogen-bond donors (Lipinski definition) is 3. The first-order valence-electron chi connectivity index (χ1n) is 22.1. The molecule has 6 heteroatoms. The Labute approximate surface area is 327 Å². The molecule has 3 unspecified atom stereocenters. The van der Waals surface area contributed by atoms with Crippen molar-refractivity contribution in [3.63, 3.8) is 0 Å². The third kappa shape index (κ3) is 36.3. The number of unbranched alkanes of at least 4 members (excludes halogenated alkanes) is 21. The lowest BCUT2D eigenvalue weighted by Gasteiger charge is -2.24. The molecule has 0 saturated carbocycles. The molecule has 0 saturated heterocycles. The van der Waals surface area contributed by atoms with Crippen LogP contribution in [0.25, 0.3) is 0 Å². The van der Waals surface area contributed by atoms with Gasteiger partial charge in [-0.3, -0.25) is 9.59 Å². The Morgan fingerprint density at radius 2 is 0.981 bits per heavy atom. The molecule has 0 spiro atoms. The quantitative estimate of drug-likeness (QED) is 0.0333. The standard InChI is InChI=1S/C47H83NO5/c1-4-7-10-13-16-19-22-23-25-28-31-34-37-40-47(52)53-43(38-35-32-29-26-24-20-17-14-11-8-5-2)41-46(51)48-44(42-49)45(50)39-36-33-30-27-21-18-15-12-9-6-3/h8,11,14,17,20,24,26,29,32,35,43-45,49-50H,4-7,9-10,12-13,15-16,18-19,21-23,25,27-28,30-31,33-34,36-42H2,1-3H3,(H,48,51)/b11-8+,17-14+,24-20-,29-26-,35-32+. The maximum Gasteiger partial charge on any atom is 0.306 e. The fourth-order valence-electron chi connectivity index (χ4n) is 6.39. The van der Waals surface area contributed by atoms with Crippen molar-refractivity contribution in [3.8, 4) is 0 Å². The van der Waals surface area contributed by atoms with E-state index in [0.717, 1.165) is 44.9 Å². The second-order valence-corrected chi connectivity index (χ2v) is 14.9. The lowest BCUT2D eigenvalue weighted by Crippen LogP contribution is -2.46. The average molecular weight is 742 g/mol. The molecule has 0 radical (unpaired) electrons. The molecule has 0 aliphatic heterocycles. The van der Waals surface area contributed by atoms with Crippen LogP contribution in [0.3, 0.4) is 0 Å². The number of allylic oxidation sites excluding steroid dienone is 9. The number of esters is 1. The zero-order valence-corrected chi connectivity index (χ0v) is 34.6. The molecule has 0 aromatic heterocycles. The van der Waals surface area contributed by atoms with Gasteiger partial charge in [-0.1, -0.05) is 223 Å². The van der Waals surface area contributed by atoms with Gasteiger partial charge in [0.2, 0.25) is 5.91 Å². The van der Waals surface area contributed by atoms with Crippen LogP contribution in [0.5, 0.6) is 0 Å². The van der Waals surface area contributed by atoms with E-state index in [1.807, 2.05) is 54.7 Å². The van der Waals surface area contributed by atoms with Crippen molar-refractivity contribution in [2.45, 2.75) is 219 Å². The van der Waals surface area contributed by atoms with Gasteiger partial charge in [-0.2, -0.15) is 0 Å². The molecule has 3 atom stereocenters. The van der Waals surface area contributed by atoms with Crippen LogP contribution in [0.15, 0.2) is 60.8 Å². The number of hydrogen-bond acceptors (Lipinski definition) is 5. The van der Waals surface area contributed by atoms with E-state index in [1.165, 1.54) is 109 Å². The second-order valence-electron chi connectivity index (χ2n) is 14.9. The van der Waals surface area contributed by atoms with Gasteiger partial charge in [-0.15, -0.1) is 0 Å². The van der Waals surface area contributed by atoms with Crippen LogP contribution < -0.4 is 5.32 Å². The Bertz CT molecular complexity index is 968. The van der Waals surface area contributed by atoms with Crippen LogP contribution in [-0.4, -0.2) is 46.9 Å². The number of aliphatic hydroxyl groups is 2. The highest BCUT2D eigenvalue weighted by atomic mass is 16.5. The largest absolute Gasteiger partial charge is 0.461 e. The first-order valence-corrected chi connectivity index (χ1v) is 22.1. The second kappa shape index (κ2) is 40.7. The normalized spacial score (nSPS) is 14.0. The number of ether oxygens (including phenoxy) is 1. The highest BCUT2D eigenvalue weighted by molar-refractivity contribution is 5.77. The third-order valence-corrected chi connectivity index (χ3v) is 9.74. The molecule has 0 aromatic carbocycles. The number of nitrogens with one attached hydrogen (secondary N) is 1. The fraction of sp³-hybridized carbons (Fsp3) is 0.745. The Morgan fingerprint density at radius 3 is 1.43 bits per heavy atom. The summed E-state index contributed by atoms with van der Waals surface area (Å²) in [6.45, 7) is 6.26. The smallest absolute Gasteiger partial charge is 0.306 e. The summed E-state index contributed by atoms with van der Waals surface area (Å²) in [6, 6.07) is -0.736. The molecule has 0 bridgehead atoms. The predicted molar refractivity (Wildman–Crippen MR) is 227 cm³/mol. The summed E-state index contributed by atoms with van der Waals surface area (Å²) >= 11 is 0. The van der Waals surface area contributed by atoms with E-state index in [4.69, 9.17) is 4.74 Å². The van der Waals surface area contributed by atoms with Crippen LogP contribution in [0.4, 0.5) is 0 Å². The molecule has 0 aliphatic carbocycles. The van der Waals surface area contributed by atoms with E-state index in [2.05, 4.69) is 32.2 Å². The zero-order valence-electron chi connectivity index (χ0n) is 34.6. The van der Waals surface area contributed by atoms with Gasteiger partial charge in [0.15, 0.2) is 0 Å². The maximum absolute atomic E-state index is 13.1. The van der Waals surface area contributed by atoms with Crippen LogP contribution >= 0.6 is 0 Å². The van der Waals surface area contributed by atoms with Crippen LogP contribution in [-0.2, 0) is 14.3 Å². The fourth-order valence-corrected chi connectivity index (χ4v) is 6.39. The summed E-state index contributed by atoms with van der Waals surface area (Å²) in [4.78, 5) is 25.9. The van der Waals surface area contributed by atoms with Crippen molar-refractivity contribution in [1.82, 2.24) is 5.32 Å². The van der Waals surface area contributed by atoms with Gasteiger partial charge in [0.05, 0.1) is 25.2 Å². The van der Waals surface area contributed by atoms with E-state index in [1.54, 1.807) is 0 Å². The minimum atomic E-state index is -0.815. The Kier molecular flexibility index (Phi) is 38.9. The summed E-state index contributed by atoms with van der Waals surface area (Å²) in [5.74, 6) is -0.609. The third-order valence-electron chi connectivity index (χ3n) is 9.74. The van der Waals surface area contributed by atoms with Gasteiger partial charge in [0.25, 0.3) is 0 Å². The monoisotopic (exact) mass is 742 g/mol. The van der Waals surface area contributed by atoms with Crippen molar-refractivity contribution < 1.29 is 24.5 Å². The van der Waals surface area contributed by atoms with Crippen LogP contribution in [0.2, 0.25) is 0 Å². The Balaban J connectivity index is 4.74. The molecule has 53 heavy (non-hydrogen) atoms. The highest BCUT2D eigenvalue weighted by Gasteiger charge is 2.23. The molecule has 306 valence electrons. The Hall–Kier alpha value is -2.44. The van der Waals surface area contributed by atoms with Crippen molar-refractivity contribution in [1.29, 1.82) is 0 Å². The van der Waals surface area contributed by atoms with Crippen molar-refractivity contribution in [2.75, 3.05) is 6.61 Å². The van der Waals surface area contributed by atoms with Crippen molar-refractivity contribution >= 4 is 11.9 Å². The van der Waals surface area contributed by atoms with Gasteiger partial charge >= 0.3 is 5.97 Å². The molecule has 0 aliphatic rings. The minimum Gasteiger partial charge on any atom is -0.461 e. The number of aliphatic hydroxyl groups excluding tert-OH is 2. The van der Waals surface area contributed by atoms with Crippen molar-refractivity contribution in [2.24, 2.45) is 0 Å². The summed E-state index contributed by atoms with van der Waals surface area (Å²) in [6.07, 6.45) is 48.8. The molecule has 6 nitrogen and oxygen atoms in total.